The molecule has 1 radical (unpaired) electrons. The van der Waals surface area contributed by atoms with E-state index >= 15 is 0 Å². The number of aliphatic hydroxyl groups is 1. The molecular formula is C20H16N3O2. The molecule has 2 heterocycles. The van der Waals surface area contributed by atoms with Gasteiger partial charge in [0.25, 0.3) is 0 Å². The minimum Gasteiger partial charge on any atom is -0.392 e. The van der Waals surface area contributed by atoms with Gasteiger partial charge in [0.15, 0.2) is 0 Å². The largest absolute Gasteiger partial charge is 0.392 e. The van der Waals surface area contributed by atoms with Crippen molar-refractivity contribution < 1.29 is 9.90 Å². The maximum absolute atomic E-state index is 11.9. The summed E-state index contributed by atoms with van der Waals surface area (Å²) in [6.07, 6.45) is 3.51. The van der Waals surface area contributed by atoms with Gasteiger partial charge in [-0.2, -0.15) is 0 Å². The first-order valence-electron chi connectivity index (χ1n) is 7.94. The molecule has 0 unspecified atom stereocenters. The fourth-order valence-electron chi connectivity index (χ4n) is 3.24. The number of carbonyl (C=O) groups excluding carboxylic acids is 1. The van der Waals surface area contributed by atoms with Gasteiger partial charge in [0, 0.05) is 35.3 Å². The highest BCUT2D eigenvalue weighted by Crippen LogP contribution is 2.32. The molecule has 25 heavy (non-hydrogen) atoms. The lowest BCUT2D eigenvalue weighted by Crippen LogP contribution is -2.11. The Bertz CT molecular complexity index is 1080. The summed E-state index contributed by atoms with van der Waals surface area (Å²) in [5.41, 5.74) is 9.74. The van der Waals surface area contributed by atoms with Crippen molar-refractivity contribution in [2.75, 3.05) is 0 Å². The van der Waals surface area contributed by atoms with Crippen LogP contribution >= 0.6 is 0 Å². The first-order chi connectivity index (χ1) is 12.2. The summed E-state index contributed by atoms with van der Waals surface area (Å²) in [6.45, 7) is 0.555. The highest BCUT2D eigenvalue weighted by molar-refractivity contribution is 6.17. The normalized spacial score (nSPS) is 11.2. The van der Waals surface area contributed by atoms with Crippen LogP contribution in [0, 0.1) is 6.07 Å². The van der Waals surface area contributed by atoms with Crippen LogP contribution in [0.1, 0.15) is 21.5 Å². The number of aromatic nitrogens is 2. The molecule has 123 valence electrons. The number of nitrogens with two attached hydrogens (primary N) is 1. The van der Waals surface area contributed by atoms with E-state index in [0.717, 1.165) is 32.9 Å². The van der Waals surface area contributed by atoms with Crippen molar-refractivity contribution in [2.45, 2.75) is 13.2 Å². The Morgan fingerprint density at radius 1 is 1.16 bits per heavy atom. The predicted molar refractivity (Wildman–Crippen MR) is 96.1 cm³/mol. The molecule has 5 heteroatoms. The van der Waals surface area contributed by atoms with E-state index in [-0.39, 0.29) is 6.61 Å². The molecule has 2 aromatic carbocycles. The van der Waals surface area contributed by atoms with Gasteiger partial charge in [-0.25, -0.2) is 0 Å². The summed E-state index contributed by atoms with van der Waals surface area (Å²) < 4.78 is 2.11. The van der Waals surface area contributed by atoms with Gasteiger partial charge in [0.1, 0.15) is 0 Å². The van der Waals surface area contributed by atoms with E-state index in [1.165, 1.54) is 0 Å². The number of amides is 1. The van der Waals surface area contributed by atoms with Crippen molar-refractivity contribution in [3.63, 3.8) is 0 Å². The third-order valence-corrected chi connectivity index (χ3v) is 4.39. The minimum absolute atomic E-state index is 0.0636. The number of fused-ring (bicyclic) bond motifs is 3. The van der Waals surface area contributed by atoms with Gasteiger partial charge in [0.05, 0.1) is 17.6 Å². The Kier molecular flexibility index (Phi) is 3.71. The van der Waals surface area contributed by atoms with Gasteiger partial charge in [-0.3, -0.25) is 9.78 Å². The summed E-state index contributed by atoms with van der Waals surface area (Å²) in [6, 6.07) is 16.3. The SMILES string of the molecule is NC(=O)c1cccc2c1c1[c]cc(CO)cc1n2Cc1ccncc1. The molecule has 2 aromatic heterocycles. The molecule has 0 aliphatic rings. The number of hydrogen-bond donors (Lipinski definition) is 2. The van der Waals surface area contributed by atoms with Gasteiger partial charge in [-0.05, 0) is 53.6 Å². The second-order valence-electron chi connectivity index (χ2n) is 5.93. The van der Waals surface area contributed by atoms with Crippen molar-refractivity contribution in [3.05, 3.63) is 77.6 Å². The van der Waals surface area contributed by atoms with Crippen LogP contribution in [0.4, 0.5) is 0 Å². The second kappa shape index (κ2) is 6.03. The van der Waals surface area contributed by atoms with E-state index in [0.29, 0.717) is 12.1 Å². The monoisotopic (exact) mass is 330 g/mol. The highest BCUT2D eigenvalue weighted by atomic mass is 16.3. The third kappa shape index (κ3) is 2.55. The van der Waals surface area contributed by atoms with Crippen molar-refractivity contribution in [3.8, 4) is 0 Å². The molecule has 0 saturated heterocycles. The lowest BCUT2D eigenvalue weighted by molar-refractivity contribution is 0.100. The number of benzene rings is 2. The fraction of sp³-hybridized carbons (Fsp3) is 0.100. The van der Waals surface area contributed by atoms with Gasteiger partial charge >= 0.3 is 0 Å². The van der Waals surface area contributed by atoms with Crippen LogP contribution < -0.4 is 5.73 Å². The van der Waals surface area contributed by atoms with Crippen molar-refractivity contribution in [1.29, 1.82) is 0 Å². The smallest absolute Gasteiger partial charge is 0.249 e. The first kappa shape index (κ1) is 15.4. The molecule has 0 fully saturated rings. The average molecular weight is 330 g/mol. The Balaban J connectivity index is 2.07. The number of primary amides is 1. The topological polar surface area (TPSA) is 81.1 Å². The fourth-order valence-corrected chi connectivity index (χ4v) is 3.24. The molecule has 0 aliphatic carbocycles. The van der Waals surface area contributed by atoms with E-state index in [2.05, 4.69) is 15.6 Å². The summed E-state index contributed by atoms with van der Waals surface area (Å²) in [5, 5.41) is 11.1. The lowest BCUT2D eigenvalue weighted by atomic mass is 10.0. The highest BCUT2D eigenvalue weighted by Gasteiger charge is 2.17. The maximum Gasteiger partial charge on any atom is 0.249 e. The van der Waals surface area contributed by atoms with Crippen LogP contribution in [-0.2, 0) is 13.2 Å². The molecule has 0 saturated carbocycles. The predicted octanol–water partition coefficient (Wildman–Crippen LogP) is 2.63. The zero-order chi connectivity index (χ0) is 17.4. The Labute approximate surface area is 144 Å². The number of rotatable bonds is 4. The van der Waals surface area contributed by atoms with Crippen LogP contribution in [-0.4, -0.2) is 20.6 Å². The first-order valence-corrected chi connectivity index (χ1v) is 7.94. The molecule has 4 aromatic rings. The Morgan fingerprint density at radius 3 is 2.68 bits per heavy atom. The number of carbonyl (C=O) groups is 1. The molecule has 0 atom stereocenters. The summed E-state index contributed by atoms with van der Waals surface area (Å²) >= 11 is 0. The van der Waals surface area contributed by atoms with Crippen molar-refractivity contribution >= 4 is 27.7 Å². The molecule has 3 N–H and O–H groups in total. The summed E-state index contributed by atoms with van der Waals surface area (Å²) in [4.78, 5) is 16.0. The number of pyridine rings is 1. The van der Waals surface area contributed by atoms with Crippen LogP contribution in [0.3, 0.4) is 0 Å². The van der Waals surface area contributed by atoms with Crippen molar-refractivity contribution in [1.82, 2.24) is 9.55 Å². The van der Waals surface area contributed by atoms with E-state index < -0.39 is 5.91 Å². The maximum atomic E-state index is 11.9. The van der Waals surface area contributed by atoms with E-state index in [9.17, 15) is 9.90 Å². The van der Waals surface area contributed by atoms with Crippen LogP contribution in [0.15, 0.2) is 54.9 Å². The van der Waals surface area contributed by atoms with Crippen LogP contribution in [0.2, 0.25) is 0 Å². The zero-order valence-electron chi connectivity index (χ0n) is 13.4. The Morgan fingerprint density at radius 2 is 1.96 bits per heavy atom. The molecule has 0 aliphatic heterocycles. The summed E-state index contributed by atoms with van der Waals surface area (Å²) in [5.74, 6) is -0.465. The zero-order valence-corrected chi connectivity index (χ0v) is 13.4. The number of hydrogen-bond acceptors (Lipinski definition) is 3. The van der Waals surface area contributed by atoms with Gasteiger partial charge < -0.3 is 15.4 Å². The molecule has 5 nitrogen and oxygen atoms in total. The average Bonchev–Trinajstić information content (AvgIpc) is 2.95. The Hall–Kier alpha value is -3.18. The standard InChI is InChI=1S/C20H16N3O2/c21-20(25)16-2-1-3-17-19(16)15-5-4-14(12-24)10-18(15)23(17)11-13-6-8-22-9-7-13/h1-4,6-10,24H,11-12H2,(H2,21,25). The number of aliphatic hydroxyl groups excluding tert-OH is 1. The van der Waals surface area contributed by atoms with Gasteiger partial charge in [0.2, 0.25) is 5.91 Å². The van der Waals surface area contributed by atoms with Gasteiger partial charge in [-0.1, -0.05) is 6.07 Å². The van der Waals surface area contributed by atoms with Crippen LogP contribution in [0.25, 0.3) is 21.8 Å². The van der Waals surface area contributed by atoms with E-state index in [1.54, 1.807) is 24.5 Å². The molecule has 1 amide bonds. The van der Waals surface area contributed by atoms with E-state index in [4.69, 9.17) is 5.73 Å². The van der Waals surface area contributed by atoms with Gasteiger partial charge in [-0.15, -0.1) is 0 Å². The minimum atomic E-state index is -0.465. The molecular weight excluding hydrogens is 314 g/mol. The molecule has 0 spiro atoms. The van der Waals surface area contributed by atoms with E-state index in [1.807, 2.05) is 30.3 Å². The summed E-state index contributed by atoms with van der Waals surface area (Å²) in [7, 11) is 0. The van der Waals surface area contributed by atoms with Crippen LogP contribution in [0.5, 0.6) is 0 Å². The number of nitrogens with zero attached hydrogens (tertiary/aromatic N) is 2. The quantitative estimate of drug-likeness (QED) is 0.603. The second-order valence-corrected chi connectivity index (χ2v) is 5.93. The lowest BCUT2D eigenvalue weighted by Gasteiger charge is -2.08. The third-order valence-electron chi connectivity index (χ3n) is 4.39. The van der Waals surface area contributed by atoms with Crippen molar-refractivity contribution in [2.24, 2.45) is 5.73 Å². The molecule has 4 rings (SSSR count). The molecule has 0 bridgehead atoms.